The second-order valence-electron chi connectivity index (χ2n) is 4.03. The monoisotopic (exact) mass is 279 g/mol. The van der Waals surface area contributed by atoms with Crippen LogP contribution in [0.1, 0.15) is 19.4 Å². The van der Waals surface area contributed by atoms with E-state index in [0.29, 0.717) is 19.8 Å². The first-order valence-corrected chi connectivity index (χ1v) is 6.60. The van der Waals surface area contributed by atoms with E-state index in [-0.39, 0.29) is 18.4 Å². The summed E-state index contributed by atoms with van der Waals surface area (Å²) >= 11 is 0. The number of hydrogen-bond donors (Lipinski definition) is 0. The summed E-state index contributed by atoms with van der Waals surface area (Å²) in [5.41, 5.74) is 1.04. The number of carbonyl (C=O) groups excluding carboxylic acids is 1. The van der Waals surface area contributed by atoms with Crippen molar-refractivity contribution in [3.63, 3.8) is 0 Å². The van der Waals surface area contributed by atoms with E-state index in [1.165, 1.54) is 0 Å². The molecule has 0 saturated carbocycles. The summed E-state index contributed by atoms with van der Waals surface area (Å²) in [5.74, 6) is -0.0477. The van der Waals surface area contributed by atoms with Gasteiger partial charge >= 0.3 is 5.97 Å². The van der Waals surface area contributed by atoms with E-state index in [1.54, 1.807) is 18.7 Å². The maximum absolute atomic E-state index is 11.6. The van der Waals surface area contributed by atoms with E-state index in [2.05, 4.69) is 6.58 Å². The van der Waals surface area contributed by atoms with Crippen molar-refractivity contribution in [2.24, 2.45) is 0 Å². The van der Waals surface area contributed by atoms with Crippen LogP contribution in [0.25, 0.3) is 0 Å². The van der Waals surface area contributed by atoms with Crippen LogP contribution in [0.15, 0.2) is 42.8 Å². The standard InChI is InChI=1S/C15H21NO4/c1-4-18-15(17)12-16(13(3)20-19-5-2)11-14-9-7-6-8-10-14/h6-10H,3-5,11-12H2,1-2H3. The zero-order chi connectivity index (χ0) is 14.8. The third kappa shape index (κ3) is 5.75. The predicted molar refractivity (Wildman–Crippen MR) is 75.3 cm³/mol. The number of nitrogens with zero attached hydrogens (tertiary/aromatic N) is 1. The third-order valence-corrected chi connectivity index (χ3v) is 2.47. The lowest BCUT2D eigenvalue weighted by Crippen LogP contribution is -2.31. The summed E-state index contributed by atoms with van der Waals surface area (Å²) in [6.07, 6.45) is 0. The SMILES string of the molecule is C=C(OOCC)N(CC(=O)OCC)Cc1ccccc1. The molecule has 0 aliphatic carbocycles. The fraction of sp³-hybridized carbons (Fsp3) is 0.400. The van der Waals surface area contributed by atoms with Crippen LogP contribution in [-0.4, -0.2) is 30.6 Å². The quantitative estimate of drug-likeness (QED) is 0.301. The molecule has 0 fully saturated rings. The van der Waals surface area contributed by atoms with Gasteiger partial charge in [-0.15, -0.1) is 0 Å². The van der Waals surface area contributed by atoms with Crippen molar-refractivity contribution < 1.29 is 19.3 Å². The van der Waals surface area contributed by atoms with Crippen molar-refractivity contribution in [3.8, 4) is 0 Å². The van der Waals surface area contributed by atoms with Crippen LogP contribution in [0.5, 0.6) is 0 Å². The average Bonchev–Trinajstić information content (AvgIpc) is 2.45. The van der Waals surface area contributed by atoms with Gasteiger partial charge in [-0.25, -0.2) is 0 Å². The summed E-state index contributed by atoms with van der Waals surface area (Å²) < 4.78 is 4.95. The Morgan fingerprint density at radius 1 is 1.20 bits per heavy atom. The maximum Gasteiger partial charge on any atom is 0.325 e. The minimum absolute atomic E-state index is 0.0641. The van der Waals surface area contributed by atoms with Gasteiger partial charge in [-0.3, -0.25) is 4.79 Å². The van der Waals surface area contributed by atoms with Crippen LogP contribution >= 0.6 is 0 Å². The highest BCUT2D eigenvalue weighted by Crippen LogP contribution is 2.11. The van der Waals surface area contributed by atoms with Crippen molar-refractivity contribution in [3.05, 3.63) is 48.4 Å². The average molecular weight is 279 g/mol. The normalized spacial score (nSPS) is 9.90. The number of ether oxygens (including phenoxy) is 1. The number of carbonyl (C=O) groups is 1. The molecule has 0 radical (unpaired) electrons. The largest absolute Gasteiger partial charge is 0.465 e. The van der Waals surface area contributed by atoms with Crippen LogP contribution in [0, 0.1) is 0 Å². The Morgan fingerprint density at radius 2 is 1.90 bits per heavy atom. The Morgan fingerprint density at radius 3 is 2.50 bits per heavy atom. The molecule has 1 aromatic carbocycles. The molecular weight excluding hydrogens is 258 g/mol. The molecule has 0 atom stereocenters. The molecule has 5 nitrogen and oxygen atoms in total. The molecule has 0 aliphatic heterocycles. The molecule has 1 rings (SSSR count). The first-order valence-electron chi connectivity index (χ1n) is 6.60. The lowest BCUT2D eigenvalue weighted by atomic mass is 10.2. The highest BCUT2D eigenvalue weighted by atomic mass is 17.2. The Kier molecular flexibility index (Phi) is 7.21. The van der Waals surface area contributed by atoms with Gasteiger partial charge in [0.25, 0.3) is 0 Å². The topological polar surface area (TPSA) is 48.0 Å². The third-order valence-electron chi connectivity index (χ3n) is 2.47. The molecule has 5 heteroatoms. The van der Waals surface area contributed by atoms with Crippen LogP contribution in [0.2, 0.25) is 0 Å². The van der Waals surface area contributed by atoms with E-state index in [0.717, 1.165) is 5.56 Å². The molecule has 0 aromatic heterocycles. The molecular formula is C15H21NO4. The minimum atomic E-state index is -0.329. The van der Waals surface area contributed by atoms with Gasteiger partial charge in [0, 0.05) is 6.54 Å². The number of esters is 1. The first-order chi connectivity index (χ1) is 9.67. The highest BCUT2D eigenvalue weighted by Gasteiger charge is 2.15. The van der Waals surface area contributed by atoms with E-state index in [1.807, 2.05) is 30.3 Å². The summed E-state index contributed by atoms with van der Waals surface area (Å²) in [7, 11) is 0. The van der Waals surface area contributed by atoms with Gasteiger partial charge in [0.2, 0.25) is 5.88 Å². The summed E-state index contributed by atoms with van der Waals surface area (Å²) in [6.45, 7) is 8.65. The highest BCUT2D eigenvalue weighted by molar-refractivity contribution is 5.71. The Bertz CT molecular complexity index is 419. The molecule has 0 saturated heterocycles. The lowest BCUT2D eigenvalue weighted by molar-refractivity contribution is -0.274. The van der Waals surface area contributed by atoms with Crippen molar-refractivity contribution in [2.45, 2.75) is 20.4 Å². The molecule has 0 heterocycles. The van der Waals surface area contributed by atoms with Crippen LogP contribution < -0.4 is 0 Å². The minimum Gasteiger partial charge on any atom is -0.465 e. The van der Waals surface area contributed by atoms with Gasteiger partial charge in [-0.1, -0.05) is 30.3 Å². The second-order valence-corrected chi connectivity index (χ2v) is 4.03. The number of rotatable bonds is 9. The number of benzene rings is 1. The molecule has 20 heavy (non-hydrogen) atoms. The zero-order valence-corrected chi connectivity index (χ0v) is 12.0. The Labute approximate surface area is 119 Å². The van der Waals surface area contributed by atoms with Gasteiger partial charge in [0.15, 0.2) is 0 Å². The smallest absolute Gasteiger partial charge is 0.325 e. The van der Waals surface area contributed by atoms with Gasteiger partial charge < -0.3 is 14.5 Å². The summed E-state index contributed by atoms with van der Waals surface area (Å²) in [5, 5.41) is 0. The van der Waals surface area contributed by atoms with Crippen molar-refractivity contribution in [1.29, 1.82) is 0 Å². The van der Waals surface area contributed by atoms with E-state index in [4.69, 9.17) is 14.5 Å². The lowest BCUT2D eigenvalue weighted by Gasteiger charge is -2.24. The fourth-order valence-electron chi connectivity index (χ4n) is 1.58. The van der Waals surface area contributed by atoms with Crippen LogP contribution in [-0.2, 0) is 25.9 Å². The molecule has 110 valence electrons. The molecule has 1 aromatic rings. The maximum atomic E-state index is 11.6. The van der Waals surface area contributed by atoms with Gasteiger partial charge in [-0.05, 0) is 26.0 Å². The summed E-state index contributed by atoms with van der Waals surface area (Å²) in [6, 6.07) is 9.73. The zero-order valence-electron chi connectivity index (χ0n) is 12.0. The molecule has 0 amide bonds. The van der Waals surface area contributed by atoms with Crippen molar-refractivity contribution >= 4 is 5.97 Å². The molecule has 0 N–H and O–H groups in total. The number of hydrogen-bond acceptors (Lipinski definition) is 5. The van der Waals surface area contributed by atoms with Gasteiger partial charge in [0.05, 0.1) is 13.2 Å². The Balaban J connectivity index is 2.67. The van der Waals surface area contributed by atoms with E-state index in [9.17, 15) is 4.79 Å². The second kappa shape index (κ2) is 8.98. The van der Waals surface area contributed by atoms with E-state index >= 15 is 0 Å². The van der Waals surface area contributed by atoms with Gasteiger partial charge in [-0.2, -0.15) is 4.89 Å². The molecule has 0 bridgehead atoms. The van der Waals surface area contributed by atoms with Crippen LogP contribution in [0.3, 0.4) is 0 Å². The van der Waals surface area contributed by atoms with Crippen molar-refractivity contribution in [2.75, 3.05) is 19.8 Å². The van der Waals surface area contributed by atoms with Crippen molar-refractivity contribution in [1.82, 2.24) is 4.90 Å². The molecule has 0 aliphatic rings. The summed E-state index contributed by atoms with van der Waals surface area (Å²) in [4.78, 5) is 23.2. The predicted octanol–water partition coefficient (Wildman–Crippen LogP) is 2.49. The first kappa shape index (κ1) is 16.0. The van der Waals surface area contributed by atoms with Gasteiger partial charge in [0.1, 0.15) is 6.54 Å². The van der Waals surface area contributed by atoms with E-state index < -0.39 is 0 Å². The Hall–Kier alpha value is -2.01. The molecule has 0 unspecified atom stereocenters. The fourth-order valence-corrected chi connectivity index (χ4v) is 1.58. The van der Waals surface area contributed by atoms with Crippen LogP contribution in [0.4, 0.5) is 0 Å². The molecule has 0 spiro atoms.